The van der Waals surface area contributed by atoms with Gasteiger partial charge in [0.05, 0.1) is 17.0 Å². The number of hydrogen-bond donors (Lipinski definition) is 0. The highest BCUT2D eigenvalue weighted by atomic mass is 19.1. The predicted molar refractivity (Wildman–Crippen MR) is 130 cm³/mol. The Morgan fingerprint density at radius 3 is 2.60 bits per heavy atom. The number of allylic oxidation sites excluding steroid dienone is 2. The minimum Gasteiger partial charge on any atom is -0.293 e. The maximum Gasteiger partial charge on any atom is 0.176 e. The number of rotatable bonds is 3. The second kappa shape index (κ2) is 7.91. The van der Waals surface area contributed by atoms with Crippen LogP contribution in [-0.4, -0.2) is 20.7 Å². The van der Waals surface area contributed by atoms with Gasteiger partial charge in [0.15, 0.2) is 11.6 Å². The van der Waals surface area contributed by atoms with Crippen LogP contribution < -0.4 is 0 Å². The number of ketones is 1. The summed E-state index contributed by atoms with van der Waals surface area (Å²) in [5, 5.41) is 9.68. The van der Waals surface area contributed by atoms with Crippen LogP contribution in [0.3, 0.4) is 0 Å². The first-order chi connectivity index (χ1) is 16.9. The number of benzene rings is 1. The first-order valence-electron chi connectivity index (χ1n) is 12.2. The minimum absolute atomic E-state index is 0.00573. The molecule has 0 radical (unpaired) electrons. The molecule has 35 heavy (non-hydrogen) atoms. The molecule has 0 spiro atoms. The van der Waals surface area contributed by atoms with Gasteiger partial charge in [-0.2, -0.15) is 5.26 Å². The highest BCUT2D eigenvalue weighted by Gasteiger charge is 2.49. The summed E-state index contributed by atoms with van der Waals surface area (Å²) in [5.74, 6) is 0.290. The molecule has 0 unspecified atom stereocenters. The lowest BCUT2D eigenvalue weighted by atomic mass is 9.57. The Bertz CT molecular complexity index is 1430. The van der Waals surface area contributed by atoms with Crippen molar-refractivity contribution in [1.82, 2.24) is 15.0 Å². The molecule has 5 nitrogen and oxygen atoms in total. The molecule has 3 aliphatic rings. The maximum atomic E-state index is 15.0. The van der Waals surface area contributed by atoms with Crippen molar-refractivity contribution < 1.29 is 9.18 Å². The topological polar surface area (TPSA) is 79.5 Å². The van der Waals surface area contributed by atoms with Gasteiger partial charge in [0, 0.05) is 45.8 Å². The van der Waals surface area contributed by atoms with Crippen LogP contribution in [0, 0.1) is 29.0 Å². The maximum absolute atomic E-state index is 15.0. The molecule has 3 aromatic rings. The Kier molecular flexibility index (Phi) is 4.93. The molecular formula is C29H25FN4O. The van der Waals surface area contributed by atoms with Crippen LogP contribution >= 0.6 is 0 Å². The van der Waals surface area contributed by atoms with Gasteiger partial charge >= 0.3 is 0 Å². The number of fused-ring (bicyclic) bond motifs is 3. The fourth-order valence-corrected chi connectivity index (χ4v) is 5.94. The van der Waals surface area contributed by atoms with Crippen LogP contribution in [0.5, 0.6) is 0 Å². The summed E-state index contributed by atoms with van der Waals surface area (Å²) in [4.78, 5) is 27.3. The molecule has 0 bridgehead atoms. The summed E-state index contributed by atoms with van der Waals surface area (Å²) >= 11 is 0. The van der Waals surface area contributed by atoms with Crippen molar-refractivity contribution in [3.8, 4) is 28.7 Å². The molecule has 0 amide bonds. The Labute approximate surface area is 203 Å². The molecule has 1 fully saturated rings. The van der Waals surface area contributed by atoms with E-state index in [-0.39, 0.29) is 29.0 Å². The van der Waals surface area contributed by atoms with Crippen molar-refractivity contribution in [3.05, 3.63) is 77.0 Å². The number of pyridine rings is 1. The standard InChI is InChI=1S/C29H25FN4O/c1-16-22-11-10-21-25(20-5-3-4-6-23(20)30)33-28(18-9-12-24(32-15-18)17-7-8-17)34-27(21)29(22,2)13-19(14-31)26(16)35/h3-6,9,12-13,15-17,22H,7-8,10-11H2,1-2H3/t16-,22-,29-/m1/s1. The smallest absolute Gasteiger partial charge is 0.176 e. The molecule has 0 N–H and O–H groups in total. The number of Topliss-reactive ketones (excluding diaryl/α,β-unsaturated/α-hetero) is 1. The van der Waals surface area contributed by atoms with Gasteiger partial charge in [0.1, 0.15) is 11.9 Å². The lowest BCUT2D eigenvalue weighted by molar-refractivity contribution is -0.121. The van der Waals surface area contributed by atoms with E-state index in [1.165, 1.54) is 18.9 Å². The normalized spacial score (nSPS) is 25.3. The van der Waals surface area contributed by atoms with Crippen molar-refractivity contribution in [1.29, 1.82) is 5.26 Å². The Morgan fingerprint density at radius 1 is 1.11 bits per heavy atom. The van der Waals surface area contributed by atoms with Crippen LogP contribution in [0.25, 0.3) is 22.6 Å². The minimum atomic E-state index is -0.634. The summed E-state index contributed by atoms with van der Waals surface area (Å²) in [6, 6.07) is 12.8. The van der Waals surface area contributed by atoms with Crippen LogP contribution in [0.15, 0.2) is 54.2 Å². The number of carbonyl (C=O) groups excluding carboxylic acids is 1. The fourth-order valence-electron chi connectivity index (χ4n) is 5.94. The highest BCUT2D eigenvalue weighted by Crippen LogP contribution is 2.51. The van der Waals surface area contributed by atoms with E-state index in [4.69, 9.17) is 9.97 Å². The third kappa shape index (κ3) is 3.41. The van der Waals surface area contributed by atoms with Crippen LogP contribution in [0.2, 0.25) is 0 Å². The second-order valence-corrected chi connectivity index (χ2v) is 10.2. The molecule has 2 aromatic heterocycles. The van der Waals surface area contributed by atoms with Gasteiger partial charge in [0.2, 0.25) is 0 Å². The van der Waals surface area contributed by atoms with E-state index in [2.05, 4.69) is 11.1 Å². The largest absolute Gasteiger partial charge is 0.293 e. The highest BCUT2D eigenvalue weighted by molar-refractivity contribution is 6.02. The molecule has 6 rings (SSSR count). The zero-order valence-corrected chi connectivity index (χ0v) is 19.8. The van der Waals surface area contributed by atoms with E-state index in [1.807, 2.05) is 26.0 Å². The number of nitriles is 1. The van der Waals surface area contributed by atoms with E-state index in [9.17, 15) is 10.1 Å². The number of hydrogen-bond acceptors (Lipinski definition) is 5. The summed E-state index contributed by atoms with van der Waals surface area (Å²) in [7, 11) is 0. The van der Waals surface area contributed by atoms with Gasteiger partial charge in [-0.25, -0.2) is 14.4 Å². The average molecular weight is 465 g/mol. The molecule has 3 atom stereocenters. The van der Waals surface area contributed by atoms with Crippen molar-refractivity contribution >= 4 is 5.78 Å². The second-order valence-electron chi connectivity index (χ2n) is 10.2. The van der Waals surface area contributed by atoms with Gasteiger partial charge in [-0.3, -0.25) is 9.78 Å². The molecule has 1 saturated carbocycles. The first-order valence-corrected chi connectivity index (χ1v) is 12.2. The molecule has 0 aliphatic heterocycles. The SMILES string of the molecule is C[C@H]1C(=O)C(C#N)=C[C@@]2(C)c3nc(-c4ccc(C5CC5)nc4)nc(-c4ccccc4F)c3CC[C@H]12. The van der Waals surface area contributed by atoms with Crippen LogP contribution in [0.1, 0.15) is 56.0 Å². The quantitative estimate of drug-likeness (QED) is 0.496. The Hall–Kier alpha value is -3.72. The number of aromatic nitrogens is 3. The summed E-state index contributed by atoms with van der Waals surface area (Å²) in [6.07, 6.45) is 7.31. The Balaban J connectivity index is 1.60. The van der Waals surface area contributed by atoms with Gasteiger partial charge in [-0.05, 0) is 55.9 Å². The van der Waals surface area contributed by atoms with Crippen LogP contribution in [0.4, 0.5) is 4.39 Å². The molecule has 0 saturated heterocycles. The lowest BCUT2D eigenvalue weighted by Gasteiger charge is -2.45. The summed E-state index contributed by atoms with van der Waals surface area (Å²) in [6.45, 7) is 3.95. The number of nitrogens with zero attached hydrogens (tertiary/aromatic N) is 4. The Morgan fingerprint density at radius 2 is 1.91 bits per heavy atom. The molecule has 174 valence electrons. The number of halogens is 1. The van der Waals surface area contributed by atoms with Crippen molar-refractivity contribution in [2.75, 3.05) is 0 Å². The van der Waals surface area contributed by atoms with E-state index >= 15 is 4.39 Å². The van der Waals surface area contributed by atoms with Gasteiger partial charge in [-0.1, -0.05) is 32.1 Å². The summed E-state index contributed by atoms with van der Waals surface area (Å²) in [5.41, 5.74) is 4.05. The molecule has 6 heteroatoms. The fraction of sp³-hybridized carbons (Fsp3) is 0.345. The van der Waals surface area contributed by atoms with Crippen molar-refractivity contribution in [2.24, 2.45) is 11.8 Å². The van der Waals surface area contributed by atoms with Crippen LogP contribution in [-0.2, 0) is 16.6 Å². The monoisotopic (exact) mass is 464 g/mol. The molecule has 3 aliphatic carbocycles. The van der Waals surface area contributed by atoms with E-state index in [1.54, 1.807) is 30.5 Å². The third-order valence-corrected chi connectivity index (χ3v) is 8.01. The van der Waals surface area contributed by atoms with Gasteiger partial charge in [0.25, 0.3) is 0 Å². The average Bonchev–Trinajstić information content (AvgIpc) is 3.72. The van der Waals surface area contributed by atoms with E-state index in [0.717, 1.165) is 28.9 Å². The van der Waals surface area contributed by atoms with Gasteiger partial charge < -0.3 is 0 Å². The zero-order chi connectivity index (χ0) is 24.3. The molecule has 2 heterocycles. The molecule has 1 aromatic carbocycles. The van der Waals surface area contributed by atoms with Crippen molar-refractivity contribution in [2.45, 2.75) is 50.9 Å². The van der Waals surface area contributed by atoms with E-state index in [0.29, 0.717) is 29.4 Å². The molecular weight excluding hydrogens is 439 g/mol. The zero-order valence-electron chi connectivity index (χ0n) is 19.8. The third-order valence-electron chi connectivity index (χ3n) is 8.01. The van der Waals surface area contributed by atoms with Gasteiger partial charge in [-0.15, -0.1) is 0 Å². The lowest BCUT2D eigenvalue weighted by Crippen LogP contribution is -2.46. The van der Waals surface area contributed by atoms with Crippen molar-refractivity contribution in [3.63, 3.8) is 0 Å². The summed E-state index contributed by atoms with van der Waals surface area (Å²) < 4.78 is 15.0. The number of carbonyl (C=O) groups is 1. The van der Waals surface area contributed by atoms with E-state index < -0.39 is 5.41 Å². The first kappa shape index (κ1) is 21.8. The predicted octanol–water partition coefficient (Wildman–Crippen LogP) is 5.71.